The lowest BCUT2D eigenvalue weighted by Crippen LogP contribution is -2.45. The van der Waals surface area contributed by atoms with Crippen molar-refractivity contribution in [2.45, 2.75) is 56.5 Å². The van der Waals surface area contributed by atoms with E-state index in [2.05, 4.69) is 41.4 Å². The lowest BCUT2D eigenvalue weighted by Gasteiger charge is -2.35. The molecule has 174 valence electrons. The third-order valence-electron chi connectivity index (χ3n) is 6.81. The van der Waals surface area contributed by atoms with Crippen LogP contribution in [0.5, 0.6) is 0 Å². The minimum Gasteiger partial charge on any atom is -0.349 e. The van der Waals surface area contributed by atoms with E-state index in [0.29, 0.717) is 25.3 Å². The highest BCUT2D eigenvalue weighted by molar-refractivity contribution is 7.89. The van der Waals surface area contributed by atoms with Gasteiger partial charge in [0.25, 0.3) is 5.91 Å². The van der Waals surface area contributed by atoms with Crippen LogP contribution in [0.2, 0.25) is 0 Å². The predicted octanol–water partition coefficient (Wildman–Crippen LogP) is 2.77. The van der Waals surface area contributed by atoms with Crippen molar-refractivity contribution < 1.29 is 13.2 Å². The van der Waals surface area contributed by atoms with E-state index in [1.165, 1.54) is 21.5 Å². The minimum absolute atomic E-state index is 0.201. The number of hydrogen-bond acceptors (Lipinski definition) is 4. The standard InChI is InChI=1S/C24H34N4O3S/c1-3-21(27-14-11-19-9-5-6-10-20(19)17-27)16-25-24(29)23-15-22(18-26(23)2)32(30,31)28-12-7-4-8-13-28/h5-6,9-10,15,18,21H,3-4,7-8,11-14,16-17H2,1-2H3,(H,25,29). The molecule has 1 amide bonds. The van der Waals surface area contributed by atoms with Crippen molar-refractivity contribution in [1.29, 1.82) is 0 Å². The van der Waals surface area contributed by atoms with Crippen molar-refractivity contribution in [3.05, 3.63) is 53.3 Å². The molecule has 2 aliphatic rings. The Morgan fingerprint density at radius 1 is 1.09 bits per heavy atom. The molecule has 3 heterocycles. The van der Waals surface area contributed by atoms with Crippen molar-refractivity contribution in [2.24, 2.45) is 7.05 Å². The first-order valence-electron chi connectivity index (χ1n) is 11.7. The Hall–Kier alpha value is -2.16. The molecule has 32 heavy (non-hydrogen) atoms. The van der Waals surface area contributed by atoms with E-state index >= 15 is 0 Å². The number of carbonyl (C=O) groups excluding carboxylic acids is 1. The first kappa shape index (κ1) is 23.0. The first-order valence-corrected chi connectivity index (χ1v) is 13.1. The molecule has 0 aliphatic carbocycles. The molecule has 8 heteroatoms. The summed E-state index contributed by atoms with van der Waals surface area (Å²) < 4.78 is 29.1. The summed E-state index contributed by atoms with van der Waals surface area (Å²) in [5.41, 5.74) is 3.15. The summed E-state index contributed by atoms with van der Waals surface area (Å²) in [6.45, 7) is 5.66. The number of nitrogens with one attached hydrogen (secondary N) is 1. The van der Waals surface area contributed by atoms with Crippen LogP contribution >= 0.6 is 0 Å². The number of sulfonamides is 1. The molecule has 1 fully saturated rings. The van der Waals surface area contributed by atoms with Gasteiger partial charge in [-0.3, -0.25) is 9.69 Å². The van der Waals surface area contributed by atoms with Crippen LogP contribution in [0.4, 0.5) is 0 Å². The molecule has 1 atom stereocenters. The van der Waals surface area contributed by atoms with Crippen LogP contribution in [0.25, 0.3) is 0 Å². The van der Waals surface area contributed by atoms with Gasteiger partial charge in [-0.05, 0) is 42.9 Å². The van der Waals surface area contributed by atoms with E-state index < -0.39 is 10.0 Å². The van der Waals surface area contributed by atoms with Gasteiger partial charge in [0.05, 0.1) is 0 Å². The zero-order chi connectivity index (χ0) is 22.7. The Kier molecular flexibility index (Phi) is 7.02. The summed E-state index contributed by atoms with van der Waals surface area (Å²) in [5, 5.41) is 3.05. The van der Waals surface area contributed by atoms with Crippen LogP contribution in [0.3, 0.4) is 0 Å². The van der Waals surface area contributed by atoms with E-state index in [-0.39, 0.29) is 16.8 Å². The maximum Gasteiger partial charge on any atom is 0.267 e. The Morgan fingerprint density at radius 2 is 1.81 bits per heavy atom. The van der Waals surface area contributed by atoms with Crippen molar-refractivity contribution >= 4 is 15.9 Å². The van der Waals surface area contributed by atoms with Gasteiger partial charge < -0.3 is 9.88 Å². The van der Waals surface area contributed by atoms with E-state index in [4.69, 9.17) is 0 Å². The average Bonchev–Trinajstić information content (AvgIpc) is 3.22. The highest BCUT2D eigenvalue weighted by atomic mass is 32.2. The highest BCUT2D eigenvalue weighted by Gasteiger charge is 2.29. The van der Waals surface area contributed by atoms with Crippen LogP contribution in [-0.4, -0.2) is 60.3 Å². The second-order valence-electron chi connectivity index (χ2n) is 8.90. The molecular formula is C24H34N4O3S. The van der Waals surface area contributed by atoms with Gasteiger partial charge in [-0.15, -0.1) is 0 Å². The average molecular weight is 459 g/mol. The molecule has 0 saturated carbocycles. The number of benzene rings is 1. The van der Waals surface area contributed by atoms with Crippen LogP contribution in [0.15, 0.2) is 41.4 Å². The Bertz CT molecular complexity index is 1060. The Balaban J connectivity index is 1.40. The summed E-state index contributed by atoms with van der Waals surface area (Å²) in [7, 11) is -1.83. The van der Waals surface area contributed by atoms with Crippen LogP contribution in [0, 0.1) is 0 Å². The molecule has 0 bridgehead atoms. The number of amides is 1. The van der Waals surface area contributed by atoms with Gasteiger partial charge in [0.15, 0.2) is 0 Å². The molecule has 1 saturated heterocycles. The van der Waals surface area contributed by atoms with Gasteiger partial charge in [-0.2, -0.15) is 4.31 Å². The van der Waals surface area contributed by atoms with Crippen LogP contribution < -0.4 is 5.32 Å². The molecule has 2 aliphatic heterocycles. The molecule has 0 spiro atoms. The monoisotopic (exact) mass is 458 g/mol. The summed E-state index contributed by atoms with van der Waals surface area (Å²) in [6.07, 6.45) is 6.35. The largest absolute Gasteiger partial charge is 0.349 e. The maximum atomic E-state index is 13.0. The number of nitrogens with zero attached hydrogens (tertiary/aromatic N) is 3. The lowest BCUT2D eigenvalue weighted by molar-refractivity contribution is 0.0918. The second-order valence-corrected chi connectivity index (χ2v) is 10.8. The zero-order valence-corrected chi connectivity index (χ0v) is 19.9. The van der Waals surface area contributed by atoms with Crippen molar-refractivity contribution in [2.75, 3.05) is 26.2 Å². The van der Waals surface area contributed by atoms with Crippen LogP contribution in [0.1, 0.15) is 54.2 Å². The summed E-state index contributed by atoms with van der Waals surface area (Å²) >= 11 is 0. The number of fused-ring (bicyclic) bond motifs is 1. The lowest BCUT2D eigenvalue weighted by atomic mass is 9.98. The number of piperidine rings is 1. The van der Waals surface area contributed by atoms with Gasteiger partial charge in [0.2, 0.25) is 10.0 Å². The van der Waals surface area contributed by atoms with Gasteiger partial charge >= 0.3 is 0 Å². The van der Waals surface area contributed by atoms with E-state index in [9.17, 15) is 13.2 Å². The van der Waals surface area contributed by atoms with Gasteiger partial charge in [-0.25, -0.2) is 8.42 Å². The number of carbonyl (C=O) groups is 1. The molecule has 1 unspecified atom stereocenters. The SMILES string of the molecule is CCC(CNC(=O)c1cc(S(=O)(=O)N2CCCCC2)cn1C)N1CCc2ccccc2C1. The fourth-order valence-electron chi connectivity index (χ4n) is 4.82. The Labute approximate surface area is 191 Å². The second kappa shape index (κ2) is 9.77. The molecule has 1 aromatic heterocycles. The van der Waals surface area contributed by atoms with E-state index in [0.717, 1.165) is 45.2 Å². The normalized spacial score (nSPS) is 18.8. The van der Waals surface area contributed by atoms with E-state index in [1.54, 1.807) is 17.8 Å². The summed E-state index contributed by atoms with van der Waals surface area (Å²) in [5.74, 6) is -0.233. The molecule has 4 rings (SSSR count). The number of hydrogen-bond donors (Lipinski definition) is 1. The first-order chi connectivity index (χ1) is 15.4. The predicted molar refractivity (Wildman–Crippen MR) is 125 cm³/mol. The minimum atomic E-state index is -3.55. The number of aryl methyl sites for hydroxylation is 1. The topological polar surface area (TPSA) is 74.6 Å². The zero-order valence-electron chi connectivity index (χ0n) is 19.1. The number of rotatable bonds is 7. The number of aromatic nitrogens is 1. The fourth-order valence-corrected chi connectivity index (χ4v) is 6.41. The maximum absolute atomic E-state index is 13.0. The smallest absolute Gasteiger partial charge is 0.267 e. The van der Waals surface area contributed by atoms with Crippen molar-refractivity contribution in [3.63, 3.8) is 0 Å². The summed E-state index contributed by atoms with van der Waals surface area (Å²) in [6, 6.07) is 10.3. The molecule has 1 aromatic carbocycles. The summed E-state index contributed by atoms with van der Waals surface area (Å²) in [4.78, 5) is 15.6. The molecular weight excluding hydrogens is 424 g/mol. The van der Waals surface area contributed by atoms with Crippen molar-refractivity contribution in [1.82, 2.24) is 19.1 Å². The Morgan fingerprint density at radius 3 is 2.53 bits per heavy atom. The highest BCUT2D eigenvalue weighted by Crippen LogP contribution is 2.23. The van der Waals surface area contributed by atoms with Crippen LogP contribution in [-0.2, 0) is 30.0 Å². The van der Waals surface area contributed by atoms with Gasteiger partial charge in [0.1, 0.15) is 10.6 Å². The van der Waals surface area contributed by atoms with Crippen molar-refractivity contribution in [3.8, 4) is 0 Å². The third kappa shape index (κ3) is 4.77. The van der Waals surface area contributed by atoms with Gasteiger partial charge in [-0.1, -0.05) is 37.6 Å². The quantitative estimate of drug-likeness (QED) is 0.692. The molecule has 2 aromatic rings. The molecule has 1 N–H and O–H groups in total. The van der Waals surface area contributed by atoms with Gasteiger partial charge in [0, 0.05) is 52.0 Å². The third-order valence-corrected chi connectivity index (χ3v) is 8.68. The fraction of sp³-hybridized carbons (Fsp3) is 0.542. The van der Waals surface area contributed by atoms with E-state index in [1.807, 2.05) is 0 Å². The molecule has 0 radical (unpaired) electrons. The molecule has 7 nitrogen and oxygen atoms in total.